The number of hydrogen-bond acceptors (Lipinski definition) is 6. The van der Waals surface area contributed by atoms with E-state index in [2.05, 4.69) is 4.90 Å². The number of piperidine rings is 1. The third kappa shape index (κ3) is 9.16. The van der Waals surface area contributed by atoms with Gasteiger partial charge in [-0.3, -0.25) is 4.79 Å². The molecule has 2 heterocycles. The van der Waals surface area contributed by atoms with Gasteiger partial charge in [0.2, 0.25) is 5.91 Å². The van der Waals surface area contributed by atoms with Gasteiger partial charge in [-0.05, 0) is 62.9 Å². The van der Waals surface area contributed by atoms with Gasteiger partial charge in [-0.15, -0.1) is 0 Å². The number of likely N-dealkylation sites (tertiary alicyclic amines) is 2. The van der Waals surface area contributed by atoms with Crippen molar-refractivity contribution in [2.75, 3.05) is 26.7 Å². The average Bonchev–Trinajstić information content (AvgIpc) is 3.33. The monoisotopic (exact) mass is 528 g/mol. The van der Waals surface area contributed by atoms with Gasteiger partial charge in [0, 0.05) is 24.7 Å². The summed E-state index contributed by atoms with van der Waals surface area (Å²) >= 11 is 12.1. The number of carboxylic acid groups (broad SMARTS) is 2. The molecule has 0 unspecified atom stereocenters. The van der Waals surface area contributed by atoms with Crippen LogP contribution in [0.15, 0.2) is 30.4 Å². The van der Waals surface area contributed by atoms with Crippen LogP contribution < -0.4 is 0 Å². The highest BCUT2D eigenvalue weighted by atomic mass is 35.5. The van der Waals surface area contributed by atoms with Gasteiger partial charge < -0.3 is 24.7 Å². The standard InChI is InChI=1S/C20H26Cl2N2O3.C4H4O4/c1-27-20(26)18-6-4-5-15(13-23-9-2-3-10-23)24(18)19(25)12-14-7-8-16(21)17(22)11-14;5-3(6)1-2-4(7)8/h7-8,11,15,18H,2-6,9-10,12-13H2,1H3;1-2H,(H,5,6)(H,7,8)/b;2-1-/t15-,18-;/m0./s1. The lowest BCUT2D eigenvalue weighted by atomic mass is 9.94. The molecule has 192 valence electrons. The van der Waals surface area contributed by atoms with Crippen molar-refractivity contribution in [1.82, 2.24) is 9.80 Å². The molecule has 2 saturated heterocycles. The zero-order chi connectivity index (χ0) is 26.0. The Morgan fingerprint density at radius 3 is 2.17 bits per heavy atom. The molecule has 0 aromatic heterocycles. The maximum atomic E-state index is 13.2. The molecule has 35 heavy (non-hydrogen) atoms. The van der Waals surface area contributed by atoms with Crippen molar-refractivity contribution in [1.29, 1.82) is 0 Å². The molecule has 0 bridgehead atoms. The Bertz CT molecular complexity index is 932. The van der Waals surface area contributed by atoms with E-state index in [1.54, 1.807) is 23.1 Å². The van der Waals surface area contributed by atoms with Gasteiger partial charge in [0.25, 0.3) is 0 Å². The fraction of sp³-hybridized carbons (Fsp3) is 0.500. The van der Waals surface area contributed by atoms with Gasteiger partial charge in [0.15, 0.2) is 0 Å². The first kappa shape index (κ1) is 28.6. The molecule has 0 saturated carbocycles. The second kappa shape index (κ2) is 14.1. The molecular weight excluding hydrogens is 499 g/mol. The fourth-order valence-corrected chi connectivity index (χ4v) is 4.65. The largest absolute Gasteiger partial charge is 0.478 e. The van der Waals surface area contributed by atoms with Crippen molar-refractivity contribution in [2.24, 2.45) is 0 Å². The van der Waals surface area contributed by atoms with Gasteiger partial charge in [-0.25, -0.2) is 14.4 Å². The predicted molar refractivity (Wildman–Crippen MR) is 131 cm³/mol. The molecular formula is C24H30Cl2N2O7. The van der Waals surface area contributed by atoms with Crippen LogP contribution in [0.4, 0.5) is 0 Å². The summed E-state index contributed by atoms with van der Waals surface area (Å²) in [5.41, 5.74) is 0.795. The van der Waals surface area contributed by atoms with Gasteiger partial charge in [-0.2, -0.15) is 0 Å². The summed E-state index contributed by atoms with van der Waals surface area (Å²) in [4.78, 5) is 48.8. The molecule has 2 atom stereocenters. The number of ether oxygens (including phenoxy) is 1. The third-order valence-corrected chi connectivity index (χ3v) is 6.62. The minimum Gasteiger partial charge on any atom is -0.478 e. The highest BCUT2D eigenvalue weighted by Crippen LogP contribution is 2.28. The maximum absolute atomic E-state index is 13.2. The molecule has 1 amide bonds. The number of carbonyl (C=O) groups is 4. The molecule has 1 aromatic carbocycles. The Kier molecular flexibility index (Phi) is 11.5. The highest BCUT2D eigenvalue weighted by molar-refractivity contribution is 6.42. The second-order valence-corrected chi connectivity index (χ2v) is 9.18. The Morgan fingerprint density at radius 1 is 1.00 bits per heavy atom. The highest BCUT2D eigenvalue weighted by Gasteiger charge is 2.39. The van der Waals surface area contributed by atoms with Crippen LogP contribution in [-0.4, -0.2) is 82.7 Å². The number of halogens is 2. The van der Waals surface area contributed by atoms with E-state index >= 15 is 0 Å². The molecule has 3 rings (SSSR count). The van der Waals surface area contributed by atoms with Crippen molar-refractivity contribution >= 4 is 47.0 Å². The number of carboxylic acids is 2. The second-order valence-electron chi connectivity index (χ2n) is 8.37. The number of hydrogen-bond donors (Lipinski definition) is 2. The summed E-state index contributed by atoms with van der Waals surface area (Å²) in [6, 6.07) is 4.75. The van der Waals surface area contributed by atoms with Gasteiger partial charge in [-0.1, -0.05) is 29.3 Å². The first-order valence-electron chi connectivity index (χ1n) is 11.3. The van der Waals surface area contributed by atoms with Crippen molar-refractivity contribution in [3.8, 4) is 0 Å². The number of rotatable bonds is 7. The van der Waals surface area contributed by atoms with E-state index in [1.165, 1.54) is 20.0 Å². The Hall–Kier alpha value is -2.62. The zero-order valence-electron chi connectivity index (χ0n) is 19.5. The molecule has 2 aliphatic heterocycles. The van der Waals surface area contributed by atoms with Crippen LogP contribution in [0, 0.1) is 0 Å². The van der Waals surface area contributed by atoms with Crippen LogP contribution in [0.5, 0.6) is 0 Å². The zero-order valence-corrected chi connectivity index (χ0v) is 21.0. The van der Waals surface area contributed by atoms with Crippen molar-refractivity contribution in [2.45, 2.75) is 50.6 Å². The Morgan fingerprint density at radius 2 is 1.63 bits per heavy atom. The molecule has 2 N–H and O–H groups in total. The molecule has 0 aliphatic carbocycles. The van der Waals surface area contributed by atoms with Crippen molar-refractivity contribution in [3.63, 3.8) is 0 Å². The molecule has 2 fully saturated rings. The van der Waals surface area contributed by atoms with E-state index in [-0.39, 0.29) is 24.3 Å². The predicted octanol–water partition coefficient (Wildman–Crippen LogP) is 3.27. The summed E-state index contributed by atoms with van der Waals surface area (Å²) in [7, 11) is 1.38. The van der Waals surface area contributed by atoms with E-state index in [1.807, 2.05) is 0 Å². The maximum Gasteiger partial charge on any atom is 0.328 e. The number of esters is 1. The van der Waals surface area contributed by atoms with Crippen LogP contribution in [0.3, 0.4) is 0 Å². The minimum absolute atomic E-state index is 0.0382. The topological polar surface area (TPSA) is 124 Å². The summed E-state index contributed by atoms with van der Waals surface area (Å²) in [5, 5.41) is 16.5. The molecule has 11 heteroatoms. The number of amides is 1. The Labute approximate surface area is 214 Å². The lowest BCUT2D eigenvalue weighted by Crippen LogP contribution is -2.57. The van der Waals surface area contributed by atoms with Crippen molar-refractivity contribution < 1.29 is 34.1 Å². The van der Waals surface area contributed by atoms with Gasteiger partial charge in [0.1, 0.15) is 6.04 Å². The van der Waals surface area contributed by atoms with Crippen LogP contribution in [0.25, 0.3) is 0 Å². The summed E-state index contributed by atoms with van der Waals surface area (Å²) in [5.74, 6) is -2.91. The first-order chi connectivity index (χ1) is 16.6. The van der Waals surface area contributed by atoms with E-state index in [9.17, 15) is 19.2 Å². The Balaban J connectivity index is 0.000000466. The molecule has 9 nitrogen and oxygen atoms in total. The lowest BCUT2D eigenvalue weighted by Gasteiger charge is -2.42. The van der Waals surface area contributed by atoms with Crippen LogP contribution in [0.1, 0.15) is 37.7 Å². The SMILES string of the molecule is COC(=O)[C@@H]1CCC[C@@H](CN2CCCC2)N1C(=O)Cc1ccc(Cl)c(Cl)c1.O=C(O)/C=C\C(=O)O. The number of benzene rings is 1. The first-order valence-corrected chi connectivity index (χ1v) is 12.1. The average molecular weight is 529 g/mol. The van der Waals surface area contributed by atoms with E-state index < -0.39 is 18.0 Å². The normalized spacial score (nSPS) is 20.3. The number of nitrogens with zero attached hydrogens (tertiary/aromatic N) is 2. The fourth-order valence-electron chi connectivity index (χ4n) is 4.32. The van der Waals surface area contributed by atoms with Crippen LogP contribution >= 0.6 is 23.2 Å². The molecule has 1 aromatic rings. The number of methoxy groups -OCH3 is 1. The van der Waals surface area contributed by atoms with Crippen LogP contribution in [-0.2, 0) is 30.3 Å². The molecule has 0 spiro atoms. The van der Waals surface area contributed by atoms with E-state index in [0.29, 0.717) is 28.6 Å². The molecule has 0 radical (unpaired) electrons. The summed E-state index contributed by atoms with van der Waals surface area (Å²) in [6.45, 7) is 2.95. The quantitative estimate of drug-likeness (QED) is 0.408. The third-order valence-electron chi connectivity index (χ3n) is 5.88. The number of aliphatic carboxylic acids is 2. The van der Waals surface area contributed by atoms with Gasteiger partial charge in [0.05, 0.1) is 23.6 Å². The van der Waals surface area contributed by atoms with E-state index in [0.717, 1.165) is 38.0 Å². The van der Waals surface area contributed by atoms with E-state index in [4.69, 9.17) is 38.2 Å². The lowest BCUT2D eigenvalue weighted by molar-refractivity contribution is -0.157. The summed E-state index contributed by atoms with van der Waals surface area (Å²) < 4.78 is 4.99. The number of carbonyl (C=O) groups excluding carboxylic acids is 2. The van der Waals surface area contributed by atoms with Gasteiger partial charge >= 0.3 is 17.9 Å². The smallest absolute Gasteiger partial charge is 0.328 e. The van der Waals surface area contributed by atoms with Crippen LogP contribution in [0.2, 0.25) is 10.0 Å². The van der Waals surface area contributed by atoms with Crippen molar-refractivity contribution in [3.05, 3.63) is 46.0 Å². The molecule has 2 aliphatic rings. The summed E-state index contributed by atoms with van der Waals surface area (Å²) in [6.07, 6.45) is 6.20. The minimum atomic E-state index is -1.26.